The number of aromatic nitrogens is 2. The number of piperazine rings is 1. The lowest BCUT2D eigenvalue weighted by molar-refractivity contribution is 0.0218. The molecule has 0 aliphatic carbocycles. The summed E-state index contributed by atoms with van der Waals surface area (Å²) in [6, 6.07) is 21.1. The minimum Gasteiger partial charge on any atom is -0.444 e. The summed E-state index contributed by atoms with van der Waals surface area (Å²) in [6.45, 7) is 17.2. The summed E-state index contributed by atoms with van der Waals surface area (Å²) in [6.07, 6.45) is 0.453. The van der Waals surface area contributed by atoms with Gasteiger partial charge in [-0.05, 0) is 75.6 Å². The first kappa shape index (κ1) is 30.7. The first-order valence-corrected chi connectivity index (χ1v) is 16.1. The Hall–Kier alpha value is -4.33. The minimum atomic E-state index is -0.552. The fourth-order valence-electron chi connectivity index (χ4n) is 6.92. The van der Waals surface area contributed by atoms with Crippen molar-refractivity contribution in [1.82, 2.24) is 14.5 Å². The van der Waals surface area contributed by atoms with Crippen molar-refractivity contribution >= 4 is 28.4 Å². The number of benzene rings is 3. The Bertz CT molecular complexity index is 1800. The van der Waals surface area contributed by atoms with E-state index in [9.17, 15) is 9.59 Å². The Kier molecular flexibility index (Phi) is 8.10. The molecule has 4 aromatic rings. The third-order valence-corrected chi connectivity index (χ3v) is 9.04. The molecule has 1 saturated heterocycles. The fraction of sp³-hybridized carbons (Fsp3) is 0.432. The second-order valence-electron chi connectivity index (χ2n) is 13.8. The lowest BCUT2D eigenvalue weighted by Crippen LogP contribution is -2.55. The van der Waals surface area contributed by atoms with Crippen molar-refractivity contribution in [3.8, 4) is 5.69 Å². The number of nitrogens with zero attached hydrogens (tertiary/aromatic N) is 5. The summed E-state index contributed by atoms with van der Waals surface area (Å²) in [7, 11) is 0. The van der Waals surface area contributed by atoms with E-state index in [1.807, 2.05) is 43.5 Å². The number of hydrogen-bond donors (Lipinski definition) is 0. The third-order valence-electron chi connectivity index (χ3n) is 9.04. The predicted octanol–water partition coefficient (Wildman–Crippen LogP) is 6.83. The van der Waals surface area contributed by atoms with Crippen LogP contribution >= 0.6 is 0 Å². The molecule has 1 atom stereocenters. The Morgan fingerprint density at radius 2 is 1.67 bits per heavy atom. The van der Waals surface area contributed by atoms with Gasteiger partial charge >= 0.3 is 11.8 Å². The lowest BCUT2D eigenvalue weighted by atomic mass is 9.97. The molecular formula is C37H45N5O3. The van der Waals surface area contributed by atoms with Crippen molar-refractivity contribution in [3.63, 3.8) is 0 Å². The molecule has 3 aromatic carbocycles. The van der Waals surface area contributed by atoms with Crippen molar-refractivity contribution in [2.45, 2.75) is 79.0 Å². The Morgan fingerprint density at radius 3 is 2.38 bits per heavy atom. The summed E-state index contributed by atoms with van der Waals surface area (Å²) < 4.78 is 7.52. The van der Waals surface area contributed by atoms with Gasteiger partial charge < -0.3 is 19.4 Å². The molecule has 8 heteroatoms. The van der Waals surface area contributed by atoms with Crippen LogP contribution in [0.2, 0.25) is 0 Å². The maximum absolute atomic E-state index is 14.2. The normalized spacial score (nSPS) is 17.2. The molecule has 1 amide bonds. The molecule has 0 radical (unpaired) electrons. The molecule has 0 bridgehead atoms. The summed E-state index contributed by atoms with van der Waals surface area (Å²) in [5.41, 5.74) is 5.71. The number of aryl methyl sites for hydroxylation is 1. The molecule has 2 aliphatic heterocycles. The lowest BCUT2D eigenvalue weighted by Gasteiger charge is -2.42. The van der Waals surface area contributed by atoms with E-state index < -0.39 is 5.60 Å². The van der Waals surface area contributed by atoms with Gasteiger partial charge in [0.25, 0.3) is 0 Å². The molecule has 0 saturated carbocycles. The topological polar surface area (TPSA) is 70.9 Å². The zero-order chi connectivity index (χ0) is 32.0. The number of carbonyl (C=O) groups is 1. The highest BCUT2D eigenvalue weighted by atomic mass is 16.6. The molecule has 1 aromatic heterocycles. The highest BCUT2D eigenvalue weighted by molar-refractivity contribution is 5.97. The average molecular weight is 608 g/mol. The average Bonchev–Trinajstić information content (AvgIpc) is 2.99. The van der Waals surface area contributed by atoms with Crippen molar-refractivity contribution in [2.24, 2.45) is 0 Å². The number of anilines is 2. The molecule has 8 nitrogen and oxygen atoms in total. The van der Waals surface area contributed by atoms with Gasteiger partial charge in [0.05, 0.1) is 17.9 Å². The number of para-hydroxylation sites is 1. The molecule has 236 valence electrons. The number of fused-ring (bicyclic) bond motifs is 2. The van der Waals surface area contributed by atoms with Crippen LogP contribution in [0.1, 0.15) is 69.8 Å². The van der Waals surface area contributed by atoms with E-state index >= 15 is 0 Å². The molecule has 1 unspecified atom stereocenters. The first-order chi connectivity index (χ1) is 21.4. The molecule has 0 N–H and O–H groups in total. The van der Waals surface area contributed by atoms with Crippen LogP contribution in [0.15, 0.2) is 65.5 Å². The Balaban J connectivity index is 1.45. The van der Waals surface area contributed by atoms with Crippen LogP contribution in [0.3, 0.4) is 0 Å². The quantitative estimate of drug-likeness (QED) is 0.253. The number of ether oxygens (including phenoxy) is 1. The van der Waals surface area contributed by atoms with Gasteiger partial charge in [-0.2, -0.15) is 4.98 Å². The molecule has 45 heavy (non-hydrogen) atoms. The smallest absolute Gasteiger partial charge is 0.410 e. The van der Waals surface area contributed by atoms with Gasteiger partial charge in [0.1, 0.15) is 11.4 Å². The van der Waals surface area contributed by atoms with Crippen LogP contribution in [-0.4, -0.2) is 58.4 Å². The molecule has 3 heterocycles. The van der Waals surface area contributed by atoms with Crippen molar-refractivity contribution in [3.05, 3.63) is 93.5 Å². The van der Waals surface area contributed by atoms with Crippen LogP contribution in [0.4, 0.5) is 16.3 Å². The SMILES string of the molecule is Cc1cccc2cccc(N3CCc4c(N5CCN(C(=O)OC(C)(C)C)CC5C)nc(=O)n(-c5ccccc5C(C)C)c4C3)c12. The summed E-state index contributed by atoms with van der Waals surface area (Å²) in [5.74, 6) is 0.989. The second kappa shape index (κ2) is 11.9. The van der Waals surface area contributed by atoms with Gasteiger partial charge in [0, 0.05) is 48.9 Å². The van der Waals surface area contributed by atoms with E-state index in [4.69, 9.17) is 9.72 Å². The van der Waals surface area contributed by atoms with Gasteiger partial charge in [-0.25, -0.2) is 9.59 Å². The van der Waals surface area contributed by atoms with Crippen molar-refractivity contribution in [2.75, 3.05) is 36.0 Å². The van der Waals surface area contributed by atoms with Gasteiger partial charge in [0.2, 0.25) is 0 Å². The highest BCUT2D eigenvalue weighted by Crippen LogP contribution is 2.36. The van der Waals surface area contributed by atoms with Gasteiger partial charge in [-0.1, -0.05) is 62.4 Å². The maximum atomic E-state index is 14.2. The standard InChI is InChI=1S/C37H45N5O3/c1-24(2)28-15-8-9-16-30(28)42-32-23-39(31-17-11-14-27-13-10-12-25(3)33(27)31)19-18-29(32)34(38-35(42)43)41-21-20-40(22-26(41)4)36(44)45-37(5,6)7/h8-17,24,26H,18-23H2,1-7H3. The van der Waals surface area contributed by atoms with Crippen LogP contribution < -0.4 is 15.5 Å². The van der Waals surface area contributed by atoms with E-state index in [-0.39, 0.29) is 23.7 Å². The van der Waals surface area contributed by atoms with Crippen LogP contribution in [0, 0.1) is 6.92 Å². The zero-order valence-corrected chi connectivity index (χ0v) is 27.6. The Morgan fingerprint density at radius 1 is 0.956 bits per heavy atom. The maximum Gasteiger partial charge on any atom is 0.410 e. The highest BCUT2D eigenvalue weighted by Gasteiger charge is 2.35. The molecule has 0 spiro atoms. The summed E-state index contributed by atoms with van der Waals surface area (Å²) in [5, 5.41) is 2.47. The van der Waals surface area contributed by atoms with Crippen molar-refractivity contribution < 1.29 is 9.53 Å². The van der Waals surface area contributed by atoms with E-state index in [2.05, 4.69) is 80.0 Å². The number of rotatable bonds is 4. The zero-order valence-electron chi connectivity index (χ0n) is 27.6. The van der Waals surface area contributed by atoms with Gasteiger partial charge in [0.15, 0.2) is 0 Å². The predicted molar refractivity (Wildman–Crippen MR) is 182 cm³/mol. The summed E-state index contributed by atoms with van der Waals surface area (Å²) >= 11 is 0. The van der Waals surface area contributed by atoms with Crippen LogP contribution in [-0.2, 0) is 17.7 Å². The van der Waals surface area contributed by atoms with Gasteiger partial charge in [-0.15, -0.1) is 0 Å². The fourth-order valence-corrected chi connectivity index (χ4v) is 6.92. The molecule has 6 rings (SSSR count). The van der Waals surface area contributed by atoms with E-state index in [1.165, 1.54) is 22.0 Å². The Labute approximate surface area is 266 Å². The van der Waals surface area contributed by atoms with E-state index in [0.717, 1.165) is 41.3 Å². The van der Waals surface area contributed by atoms with E-state index in [0.29, 0.717) is 26.2 Å². The monoisotopic (exact) mass is 607 g/mol. The molecule has 1 fully saturated rings. The minimum absolute atomic E-state index is 0.0279. The summed E-state index contributed by atoms with van der Waals surface area (Å²) in [4.78, 5) is 38.3. The van der Waals surface area contributed by atoms with Crippen molar-refractivity contribution in [1.29, 1.82) is 0 Å². The molecule has 2 aliphatic rings. The second-order valence-corrected chi connectivity index (χ2v) is 13.8. The van der Waals surface area contributed by atoms with E-state index in [1.54, 1.807) is 4.90 Å². The number of carbonyl (C=O) groups excluding carboxylic acids is 1. The van der Waals surface area contributed by atoms with Crippen LogP contribution in [0.5, 0.6) is 0 Å². The number of amides is 1. The first-order valence-electron chi connectivity index (χ1n) is 16.1. The largest absolute Gasteiger partial charge is 0.444 e. The van der Waals surface area contributed by atoms with Gasteiger partial charge in [-0.3, -0.25) is 4.57 Å². The van der Waals surface area contributed by atoms with Crippen LogP contribution in [0.25, 0.3) is 16.5 Å². The number of hydrogen-bond acceptors (Lipinski definition) is 6. The third kappa shape index (κ3) is 5.90. The molecular weight excluding hydrogens is 562 g/mol.